The van der Waals surface area contributed by atoms with Crippen LogP contribution in [0.3, 0.4) is 0 Å². The highest BCUT2D eigenvalue weighted by atomic mass is 32.1. The number of fused-ring (bicyclic) bond motifs is 9. The fourth-order valence-corrected chi connectivity index (χ4v) is 9.21. The average Bonchev–Trinajstić information content (AvgIpc) is 3.65. The van der Waals surface area contributed by atoms with Crippen molar-refractivity contribution in [1.29, 1.82) is 0 Å². The predicted molar refractivity (Wildman–Crippen MR) is 232 cm³/mol. The molecule has 3 nitrogen and oxygen atoms in total. The SMILES string of the molecule is c1ccc(-c2nc(-c3ccccc3)nc(-c3cc(-c4ccc(-c5ccc6c(c5)sc5ccccc56)cc4)cc4c5ccccc5c5ccccc5c34)n2)cc1. The summed E-state index contributed by atoms with van der Waals surface area (Å²) in [4.78, 5) is 15.5. The highest BCUT2D eigenvalue weighted by Gasteiger charge is 2.19. The predicted octanol–water partition coefficient (Wildman–Crippen LogP) is 14.0. The van der Waals surface area contributed by atoms with Gasteiger partial charge in [0.05, 0.1) is 0 Å². The smallest absolute Gasteiger partial charge is 0.164 e. The molecule has 2 heterocycles. The van der Waals surface area contributed by atoms with Gasteiger partial charge < -0.3 is 0 Å². The number of hydrogen-bond donors (Lipinski definition) is 0. The van der Waals surface area contributed by atoms with Crippen molar-refractivity contribution in [2.45, 2.75) is 0 Å². The van der Waals surface area contributed by atoms with Gasteiger partial charge in [-0.15, -0.1) is 11.3 Å². The van der Waals surface area contributed by atoms with Crippen LogP contribution in [0.1, 0.15) is 0 Å². The van der Waals surface area contributed by atoms with E-state index < -0.39 is 0 Å². The van der Waals surface area contributed by atoms with Crippen molar-refractivity contribution in [3.8, 4) is 56.4 Å². The van der Waals surface area contributed by atoms with Crippen LogP contribution in [-0.2, 0) is 0 Å². The Bertz CT molecular complexity index is 3180. The first kappa shape index (κ1) is 31.5. The monoisotopic (exact) mass is 717 g/mol. The molecule has 9 aromatic carbocycles. The molecule has 0 aliphatic rings. The van der Waals surface area contributed by atoms with Gasteiger partial charge >= 0.3 is 0 Å². The van der Waals surface area contributed by atoms with Gasteiger partial charge in [0.1, 0.15) is 0 Å². The van der Waals surface area contributed by atoms with Gasteiger partial charge in [0.25, 0.3) is 0 Å². The average molecular weight is 718 g/mol. The third kappa shape index (κ3) is 5.38. The maximum atomic E-state index is 5.24. The Balaban J connectivity index is 1.14. The minimum absolute atomic E-state index is 0.646. The van der Waals surface area contributed by atoms with Gasteiger partial charge in [0, 0.05) is 42.2 Å². The normalized spacial score (nSPS) is 11.6. The lowest BCUT2D eigenvalue weighted by molar-refractivity contribution is 1.08. The van der Waals surface area contributed by atoms with Crippen LogP contribution in [0.4, 0.5) is 0 Å². The van der Waals surface area contributed by atoms with E-state index in [0.29, 0.717) is 17.5 Å². The Morgan fingerprint density at radius 2 is 0.745 bits per heavy atom. The van der Waals surface area contributed by atoms with Crippen molar-refractivity contribution in [2.75, 3.05) is 0 Å². The van der Waals surface area contributed by atoms with Crippen LogP contribution in [0.5, 0.6) is 0 Å². The molecule has 0 aliphatic carbocycles. The summed E-state index contributed by atoms with van der Waals surface area (Å²) in [7, 11) is 0. The zero-order valence-electron chi connectivity index (χ0n) is 29.6. The van der Waals surface area contributed by atoms with Crippen LogP contribution in [-0.4, -0.2) is 15.0 Å². The Labute approximate surface area is 321 Å². The Hall–Kier alpha value is -7.01. The second-order valence-corrected chi connectivity index (χ2v) is 15.0. The molecular weight excluding hydrogens is 687 g/mol. The topological polar surface area (TPSA) is 38.7 Å². The van der Waals surface area contributed by atoms with Gasteiger partial charge in [-0.1, -0.05) is 164 Å². The fraction of sp³-hybridized carbons (Fsp3) is 0. The van der Waals surface area contributed by atoms with E-state index in [9.17, 15) is 0 Å². The van der Waals surface area contributed by atoms with Gasteiger partial charge in [-0.05, 0) is 73.5 Å². The van der Waals surface area contributed by atoms with Crippen LogP contribution in [0, 0.1) is 0 Å². The second-order valence-electron chi connectivity index (χ2n) is 14.0. The van der Waals surface area contributed by atoms with Gasteiger partial charge in [-0.2, -0.15) is 0 Å². The summed E-state index contributed by atoms with van der Waals surface area (Å²) in [5, 5.41) is 9.75. The van der Waals surface area contributed by atoms with Crippen LogP contribution < -0.4 is 0 Å². The minimum Gasteiger partial charge on any atom is -0.208 e. The number of benzene rings is 9. The van der Waals surface area contributed by atoms with E-state index in [-0.39, 0.29) is 0 Å². The summed E-state index contributed by atoms with van der Waals surface area (Å²) in [6, 6.07) is 67.0. The molecule has 0 unspecified atom stereocenters. The number of aromatic nitrogens is 3. The van der Waals surface area contributed by atoms with Crippen LogP contribution >= 0.6 is 11.3 Å². The summed E-state index contributed by atoms with van der Waals surface area (Å²) in [5.74, 6) is 1.94. The molecule has 0 saturated carbocycles. The number of nitrogens with zero attached hydrogens (tertiary/aromatic N) is 3. The molecule has 0 fully saturated rings. The van der Waals surface area contributed by atoms with Crippen molar-refractivity contribution in [1.82, 2.24) is 15.0 Å². The molecule has 0 amide bonds. The molecule has 0 radical (unpaired) electrons. The molecule has 55 heavy (non-hydrogen) atoms. The molecule has 11 aromatic rings. The fourth-order valence-electron chi connectivity index (χ4n) is 8.07. The largest absolute Gasteiger partial charge is 0.208 e. The highest BCUT2D eigenvalue weighted by molar-refractivity contribution is 7.25. The lowest BCUT2D eigenvalue weighted by Crippen LogP contribution is -2.01. The van der Waals surface area contributed by atoms with E-state index in [0.717, 1.165) is 33.2 Å². The Kier molecular flexibility index (Phi) is 7.35. The number of thiophene rings is 1. The van der Waals surface area contributed by atoms with E-state index in [2.05, 4.69) is 152 Å². The molecule has 0 N–H and O–H groups in total. The first-order chi connectivity index (χ1) is 27.2. The second kappa shape index (κ2) is 12.8. The number of hydrogen-bond acceptors (Lipinski definition) is 4. The van der Waals surface area contributed by atoms with Crippen molar-refractivity contribution < 1.29 is 0 Å². The molecule has 0 saturated heterocycles. The molecule has 4 heteroatoms. The molecular formula is C51H31N3S. The summed E-state index contributed by atoms with van der Waals surface area (Å²) in [6.45, 7) is 0. The van der Waals surface area contributed by atoms with E-state index in [4.69, 9.17) is 15.0 Å². The molecule has 0 atom stereocenters. The maximum Gasteiger partial charge on any atom is 0.164 e. The molecule has 11 rings (SSSR count). The van der Waals surface area contributed by atoms with E-state index in [1.54, 1.807) is 0 Å². The van der Waals surface area contributed by atoms with Crippen LogP contribution in [0.2, 0.25) is 0 Å². The van der Waals surface area contributed by atoms with E-state index in [1.165, 1.54) is 58.2 Å². The first-order valence-corrected chi connectivity index (χ1v) is 19.3. The molecule has 256 valence electrons. The lowest BCUT2D eigenvalue weighted by atomic mass is 9.88. The van der Waals surface area contributed by atoms with Crippen molar-refractivity contribution >= 4 is 63.8 Å². The minimum atomic E-state index is 0.646. The molecule has 0 bridgehead atoms. The molecule has 2 aromatic heterocycles. The zero-order valence-corrected chi connectivity index (χ0v) is 30.5. The first-order valence-electron chi connectivity index (χ1n) is 18.5. The zero-order chi connectivity index (χ0) is 36.3. The summed E-state index contributed by atoms with van der Waals surface area (Å²) >= 11 is 1.86. The van der Waals surface area contributed by atoms with Crippen LogP contribution in [0.25, 0.3) is 109 Å². The quantitative estimate of drug-likeness (QED) is 0.166. The van der Waals surface area contributed by atoms with Gasteiger partial charge in [0.15, 0.2) is 17.5 Å². The number of rotatable bonds is 5. The van der Waals surface area contributed by atoms with Crippen molar-refractivity contribution in [3.05, 3.63) is 188 Å². The van der Waals surface area contributed by atoms with Crippen LogP contribution in [0.15, 0.2) is 188 Å². The standard InChI is InChI=1S/C51H31N3S/c1-3-13-34(14-4-1)49-52-50(35-15-5-2-6-16-35)54-51(53-49)45-30-37(29-44-40-19-8-7-17-38(40)39-18-9-10-21-43(39)48(44)45)33-25-23-32(24-26-33)36-27-28-42-41-20-11-12-22-46(41)55-47(42)31-36/h1-31H. The Morgan fingerprint density at radius 3 is 1.40 bits per heavy atom. The Morgan fingerprint density at radius 1 is 0.273 bits per heavy atom. The molecule has 0 spiro atoms. The lowest BCUT2D eigenvalue weighted by Gasteiger charge is -2.17. The highest BCUT2D eigenvalue weighted by Crippen LogP contribution is 2.43. The summed E-state index contributed by atoms with van der Waals surface area (Å²) in [6.07, 6.45) is 0. The van der Waals surface area contributed by atoms with Gasteiger partial charge in [-0.3, -0.25) is 0 Å². The third-order valence-electron chi connectivity index (χ3n) is 10.7. The van der Waals surface area contributed by atoms with Crippen molar-refractivity contribution in [3.63, 3.8) is 0 Å². The van der Waals surface area contributed by atoms with E-state index in [1.807, 2.05) is 47.7 Å². The molecule has 0 aliphatic heterocycles. The van der Waals surface area contributed by atoms with Gasteiger partial charge in [0.2, 0.25) is 0 Å². The maximum absolute atomic E-state index is 5.24. The van der Waals surface area contributed by atoms with Crippen molar-refractivity contribution in [2.24, 2.45) is 0 Å². The third-order valence-corrected chi connectivity index (χ3v) is 11.8. The van der Waals surface area contributed by atoms with E-state index >= 15 is 0 Å². The summed E-state index contributed by atoms with van der Waals surface area (Å²) < 4.78 is 2.63. The summed E-state index contributed by atoms with van der Waals surface area (Å²) in [5.41, 5.74) is 7.52. The van der Waals surface area contributed by atoms with Gasteiger partial charge in [-0.25, -0.2) is 15.0 Å².